The van der Waals surface area contributed by atoms with Gasteiger partial charge in [-0.1, -0.05) is 6.07 Å². The summed E-state index contributed by atoms with van der Waals surface area (Å²) in [6, 6.07) is 4.50. The molecular formula is C14H10F2N2O3. The summed E-state index contributed by atoms with van der Waals surface area (Å²) in [4.78, 5) is 25.6. The predicted molar refractivity (Wildman–Crippen MR) is 70.0 cm³/mol. The lowest BCUT2D eigenvalue weighted by Crippen LogP contribution is -2.10. The molecule has 2 rings (SSSR count). The Morgan fingerprint density at radius 1 is 1.38 bits per heavy atom. The van der Waals surface area contributed by atoms with Gasteiger partial charge in [-0.05, 0) is 24.6 Å². The number of ketones is 1. The number of nitro groups is 1. The molecule has 7 heteroatoms. The summed E-state index contributed by atoms with van der Waals surface area (Å²) in [6.45, 7) is 1.72. The van der Waals surface area contributed by atoms with Crippen LogP contribution in [0.2, 0.25) is 0 Å². The summed E-state index contributed by atoms with van der Waals surface area (Å²) >= 11 is 0. The third kappa shape index (κ3) is 3.07. The number of halogens is 2. The van der Waals surface area contributed by atoms with Gasteiger partial charge in [-0.2, -0.15) is 4.39 Å². The number of hydrogen-bond acceptors (Lipinski definition) is 4. The molecule has 0 aliphatic heterocycles. The Bertz CT molecular complexity index is 732. The van der Waals surface area contributed by atoms with Crippen LogP contribution in [0.25, 0.3) is 0 Å². The lowest BCUT2D eigenvalue weighted by molar-refractivity contribution is -0.387. The molecule has 1 heterocycles. The van der Waals surface area contributed by atoms with Gasteiger partial charge in [-0.3, -0.25) is 19.9 Å². The molecule has 2 aromatic rings. The van der Waals surface area contributed by atoms with Crippen LogP contribution in [0.4, 0.5) is 14.5 Å². The van der Waals surface area contributed by atoms with Gasteiger partial charge >= 0.3 is 5.69 Å². The summed E-state index contributed by atoms with van der Waals surface area (Å²) in [5, 5.41) is 10.6. The van der Waals surface area contributed by atoms with Crippen LogP contribution in [-0.2, 0) is 6.42 Å². The Morgan fingerprint density at radius 2 is 2.10 bits per heavy atom. The Hall–Kier alpha value is -2.70. The zero-order valence-electron chi connectivity index (χ0n) is 11.0. The fourth-order valence-electron chi connectivity index (χ4n) is 1.86. The Morgan fingerprint density at radius 3 is 2.71 bits per heavy atom. The van der Waals surface area contributed by atoms with E-state index in [9.17, 15) is 23.7 Å². The largest absolute Gasteiger partial charge is 0.308 e. The summed E-state index contributed by atoms with van der Waals surface area (Å²) in [7, 11) is 0. The fourth-order valence-corrected chi connectivity index (χ4v) is 1.86. The van der Waals surface area contributed by atoms with E-state index < -0.39 is 33.6 Å². The van der Waals surface area contributed by atoms with Crippen LogP contribution in [0, 0.1) is 28.7 Å². The smallest absolute Gasteiger partial charge is 0.294 e. The van der Waals surface area contributed by atoms with E-state index in [1.807, 2.05) is 0 Å². The molecule has 0 aliphatic carbocycles. The molecule has 0 bridgehead atoms. The molecule has 108 valence electrons. The molecule has 0 atom stereocenters. The molecule has 1 aromatic heterocycles. The first-order valence-electron chi connectivity index (χ1n) is 5.97. The number of benzene rings is 1. The van der Waals surface area contributed by atoms with E-state index in [0.29, 0.717) is 17.8 Å². The third-order valence-corrected chi connectivity index (χ3v) is 2.96. The van der Waals surface area contributed by atoms with Crippen molar-refractivity contribution in [2.45, 2.75) is 13.3 Å². The van der Waals surface area contributed by atoms with Crippen LogP contribution in [-0.4, -0.2) is 15.7 Å². The minimum atomic E-state index is -1.33. The van der Waals surface area contributed by atoms with E-state index in [1.54, 1.807) is 19.1 Å². The molecule has 0 unspecified atom stereocenters. The summed E-state index contributed by atoms with van der Waals surface area (Å²) in [6.07, 6.45) is 1.21. The highest BCUT2D eigenvalue weighted by Gasteiger charge is 2.24. The molecule has 21 heavy (non-hydrogen) atoms. The first kappa shape index (κ1) is 14.7. The molecule has 0 spiro atoms. The average molecular weight is 292 g/mol. The SMILES string of the molecule is Cc1cccnc1CC(=O)c1cc(F)cc([N+](=O)[O-])c1F. The highest BCUT2D eigenvalue weighted by atomic mass is 19.1. The molecule has 0 radical (unpaired) electrons. The minimum absolute atomic E-state index is 0.260. The second kappa shape index (κ2) is 5.74. The van der Waals surface area contributed by atoms with Gasteiger partial charge in [0.15, 0.2) is 5.78 Å². The quantitative estimate of drug-likeness (QED) is 0.493. The lowest BCUT2D eigenvalue weighted by atomic mass is 10.0. The second-order valence-electron chi connectivity index (χ2n) is 4.41. The summed E-state index contributed by atoms with van der Waals surface area (Å²) in [5.74, 6) is -3.14. The van der Waals surface area contributed by atoms with E-state index in [2.05, 4.69) is 4.98 Å². The van der Waals surface area contributed by atoms with E-state index >= 15 is 0 Å². The molecule has 0 aliphatic rings. The van der Waals surface area contributed by atoms with Gasteiger partial charge < -0.3 is 0 Å². The van der Waals surface area contributed by atoms with Crippen molar-refractivity contribution in [2.24, 2.45) is 0 Å². The lowest BCUT2D eigenvalue weighted by Gasteiger charge is -2.05. The zero-order valence-corrected chi connectivity index (χ0v) is 11.0. The van der Waals surface area contributed by atoms with Gasteiger partial charge in [0.2, 0.25) is 5.82 Å². The average Bonchev–Trinajstić information content (AvgIpc) is 2.43. The second-order valence-corrected chi connectivity index (χ2v) is 4.41. The van der Waals surface area contributed by atoms with Crippen molar-refractivity contribution in [1.29, 1.82) is 0 Å². The predicted octanol–water partition coefficient (Wildman–Crippen LogP) is 3.00. The Labute approximate surface area is 118 Å². The number of Topliss-reactive ketones (excluding diaryl/α,β-unsaturated/α-hetero) is 1. The Balaban J connectivity index is 2.40. The first-order chi connectivity index (χ1) is 9.90. The molecule has 5 nitrogen and oxygen atoms in total. The first-order valence-corrected chi connectivity index (χ1v) is 5.97. The van der Waals surface area contributed by atoms with Gasteiger partial charge in [0.25, 0.3) is 0 Å². The number of nitrogens with zero attached hydrogens (tertiary/aromatic N) is 2. The molecule has 0 saturated carbocycles. The van der Waals surface area contributed by atoms with Crippen molar-refractivity contribution in [3.05, 3.63) is 69.0 Å². The van der Waals surface area contributed by atoms with Crippen molar-refractivity contribution < 1.29 is 18.5 Å². The van der Waals surface area contributed by atoms with E-state index in [1.165, 1.54) is 6.20 Å². The number of aryl methyl sites for hydroxylation is 1. The van der Waals surface area contributed by atoms with Gasteiger partial charge in [0, 0.05) is 6.20 Å². The number of carbonyl (C=O) groups is 1. The number of hydrogen-bond donors (Lipinski definition) is 0. The molecular weight excluding hydrogens is 282 g/mol. The summed E-state index contributed by atoms with van der Waals surface area (Å²) in [5.41, 5.74) is -0.575. The maximum absolute atomic E-state index is 13.9. The molecule has 0 saturated heterocycles. The number of rotatable bonds is 4. The van der Waals surface area contributed by atoms with Crippen LogP contribution in [0.15, 0.2) is 30.5 Å². The maximum atomic E-state index is 13.9. The molecule has 1 aromatic carbocycles. The highest BCUT2D eigenvalue weighted by molar-refractivity contribution is 5.98. The fraction of sp³-hybridized carbons (Fsp3) is 0.143. The summed E-state index contributed by atoms with van der Waals surface area (Å²) < 4.78 is 27.2. The Kier molecular flexibility index (Phi) is 4.02. The number of pyridine rings is 1. The van der Waals surface area contributed by atoms with Crippen LogP contribution in [0.5, 0.6) is 0 Å². The van der Waals surface area contributed by atoms with Crippen molar-refractivity contribution in [2.75, 3.05) is 0 Å². The van der Waals surface area contributed by atoms with Crippen molar-refractivity contribution >= 4 is 11.5 Å². The van der Waals surface area contributed by atoms with Crippen molar-refractivity contribution in [3.63, 3.8) is 0 Å². The van der Waals surface area contributed by atoms with E-state index in [4.69, 9.17) is 0 Å². The number of carbonyl (C=O) groups excluding carboxylic acids is 1. The zero-order chi connectivity index (χ0) is 15.6. The van der Waals surface area contributed by atoms with Crippen LogP contribution in [0.1, 0.15) is 21.6 Å². The topological polar surface area (TPSA) is 73.1 Å². The van der Waals surface area contributed by atoms with E-state index in [0.717, 1.165) is 5.56 Å². The molecule has 0 amide bonds. The normalized spacial score (nSPS) is 10.4. The maximum Gasteiger partial charge on any atom is 0.308 e. The standard InChI is InChI=1S/C14H10F2N2O3/c1-8-3-2-4-17-11(8)7-13(19)10-5-9(15)6-12(14(10)16)18(20)21/h2-6H,7H2,1H3. The van der Waals surface area contributed by atoms with E-state index in [-0.39, 0.29) is 6.42 Å². The van der Waals surface area contributed by atoms with Crippen LogP contribution >= 0.6 is 0 Å². The van der Waals surface area contributed by atoms with Crippen LogP contribution in [0.3, 0.4) is 0 Å². The third-order valence-electron chi connectivity index (χ3n) is 2.96. The minimum Gasteiger partial charge on any atom is -0.294 e. The molecule has 0 fully saturated rings. The number of nitro benzene ring substituents is 1. The van der Waals surface area contributed by atoms with Gasteiger partial charge in [-0.15, -0.1) is 0 Å². The van der Waals surface area contributed by atoms with Gasteiger partial charge in [-0.25, -0.2) is 4.39 Å². The van der Waals surface area contributed by atoms with Gasteiger partial charge in [0.1, 0.15) is 5.82 Å². The van der Waals surface area contributed by atoms with Gasteiger partial charge in [0.05, 0.1) is 28.7 Å². The van der Waals surface area contributed by atoms with Crippen LogP contribution < -0.4 is 0 Å². The highest BCUT2D eigenvalue weighted by Crippen LogP contribution is 2.23. The monoisotopic (exact) mass is 292 g/mol. The number of aromatic nitrogens is 1. The van der Waals surface area contributed by atoms with Crippen molar-refractivity contribution in [3.8, 4) is 0 Å². The molecule has 0 N–H and O–H groups in total. The van der Waals surface area contributed by atoms with Crippen molar-refractivity contribution in [1.82, 2.24) is 4.98 Å².